The SMILES string of the molecule is COc1ccc2c(c1)cc(C)c1cc3cccnc3n12. The van der Waals surface area contributed by atoms with Crippen molar-refractivity contribution in [1.82, 2.24) is 9.38 Å². The fraction of sp³-hybridized carbons (Fsp3) is 0.118. The van der Waals surface area contributed by atoms with Crippen molar-refractivity contribution in [3.63, 3.8) is 0 Å². The molecular weight excluding hydrogens is 248 g/mol. The lowest BCUT2D eigenvalue weighted by Gasteiger charge is -2.08. The van der Waals surface area contributed by atoms with Gasteiger partial charge in [0.05, 0.1) is 18.1 Å². The van der Waals surface area contributed by atoms with Gasteiger partial charge in [0.2, 0.25) is 0 Å². The van der Waals surface area contributed by atoms with Crippen molar-refractivity contribution in [3.05, 3.63) is 54.2 Å². The van der Waals surface area contributed by atoms with Gasteiger partial charge in [-0.15, -0.1) is 0 Å². The number of benzene rings is 1. The number of ether oxygens (including phenoxy) is 1. The van der Waals surface area contributed by atoms with Crippen molar-refractivity contribution >= 4 is 27.5 Å². The minimum absolute atomic E-state index is 0.876. The number of pyridine rings is 2. The van der Waals surface area contributed by atoms with Crippen LogP contribution in [0.5, 0.6) is 5.75 Å². The number of hydrogen-bond donors (Lipinski definition) is 0. The molecule has 4 aromatic rings. The third-order valence-electron chi connectivity index (χ3n) is 3.81. The van der Waals surface area contributed by atoms with Crippen LogP contribution in [-0.2, 0) is 0 Å². The van der Waals surface area contributed by atoms with E-state index in [9.17, 15) is 0 Å². The monoisotopic (exact) mass is 262 g/mol. The van der Waals surface area contributed by atoms with Gasteiger partial charge in [0.25, 0.3) is 0 Å². The maximum atomic E-state index is 5.32. The molecule has 0 aliphatic heterocycles. The fourth-order valence-corrected chi connectivity index (χ4v) is 2.85. The molecule has 98 valence electrons. The Bertz CT molecular complexity index is 953. The number of aromatic nitrogens is 2. The van der Waals surface area contributed by atoms with E-state index in [0.29, 0.717) is 0 Å². The molecule has 0 radical (unpaired) electrons. The molecule has 20 heavy (non-hydrogen) atoms. The lowest BCUT2D eigenvalue weighted by molar-refractivity contribution is 0.415. The molecule has 3 heterocycles. The number of methoxy groups -OCH3 is 1. The summed E-state index contributed by atoms with van der Waals surface area (Å²) in [6, 6.07) is 14.6. The van der Waals surface area contributed by atoms with Gasteiger partial charge in [0.1, 0.15) is 11.4 Å². The summed E-state index contributed by atoms with van der Waals surface area (Å²) in [5, 5.41) is 2.33. The highest BCUT2D eigenvalue weighted by Crippen LogP contribution is 2.29. The zero-order valence-electron chi connectivity index (χ0n) is 11.4. The van der Waals surface area contributed by atoms with Gasteiger partial charge in [0.15, 0.2) is 0 Å². The number of nitrogens with zero attached hydrogens (tertiary/aromatic N) is 2. The van der Waals surface area contributed by atoms with Crippen LogP contribution in [0.2, 0.25) is 0 Å². The van der Waals surface area contributed by atoms with Crippen LogP contribution in [0.15, 0.2) is 48.7 Å². The van der Waals surface area contributed by atoms with E-state index in [-0.39, 0.29) is 0 Å². The van der Waals surface area contributed by atoms with E-state index in [0.717, 1.165) is 22.3 Å². The molecule has 0 unspecified atom stereocenters. The van der Waals surface area contributed by atoms with Crippen molar-refractivity contribution in [2.75, 3.05) is 7.11 Å². The van der Waals surface area contributed by atoms with Crippen LogP contribution in [0.1, 0.15) is 5.56 Å². The average Bonchev–Trinajstić information content (AvgIpc) is 2.87. The minimum atomic E-state index is 0.876. The van der Waals surface area contributed by atoms with E-state index < -0.39 is 0 Å². The maximum absolute atomic E-state index is 5.32. The highest BCUT2D eigenvalue weighted by Gasteiger charge is 2.10. The maximum Gasteiger partial charge on any atom is 0.144 e. The summed E-state index contributed by atoms with van der Waals surface area (Å²) in [6.07, 6.45) is 1.84. The Morgan fingerprint density at radius 2 is 1.90 bits per heavy atom. The molecule has 0 spiro atoms. The van der Waals surface area contributed by atoms with Gasteiger partial charge < -0.3 is 4.74 Å². The second kappa shape index (κ2) is 3.97. The first kappa shape index (κ1) is 11.3. The number of hydrogen-bond acceptors (Lipinski definition) is 2. The second-order valence-corrected chi connectivity index (χ2v) is 5.03. The van der Waals surface area contributed by atoms with E-state index in [1.165, 1.54) is 16.5 Å². The Balaban J connectivity index is 2.27. The highest BCUT2D eigenvalue weighted by molar-refractivity contribution is 5.94. The molecule has 3 aromatic heterocycles. The van der Waals surface area contributed by atoms with Gasteiger partial charge in [-0.2, -0.15) is 0 Å². The van der Waals surface area contributed by atoms with Gasteiger partial charge in [-0.3, -0.25) is 4.40 Å². The van der Waals surface area contributed by atoms with E-state index in [1.54, 1.807) is 7.11 Å². The third kappa shape index (κ3) is 1.43. The Hall–Kier alpha value is -2.55. The zero-order valence-corrected chi connectivity index (χ0v) is 11.4. The first-order chi connectivity index (χ1) is 9.78. The molecule has 0 fully saturated rings. The quantitative estimate of drug-likeness (QED) is 0.519. The Morgan fingerprint density at radius 1 is 1.00 bits per heavy atom. The van der Waals surface area contributed by atoms with E-state index >= 15 is 0 Å². The van der Waals surface area contributed by atoms with Crippen molar-refractivity contribution in [3.8, 4) is 5.75 Å². The van der Waals surface area contributed by atoms with E-state index in [1.807, 2.05) is 18.3 Å². The molecule has 0 saturated heterocycles. The first-order valence-electron chi connectivity index (χ1n) is 6.61. The third-order valence-corrected chi connectivity index (χ3v) is 3.81. The molecule has 3 nitrogen and oxygen atoms in total. The molecular formula is C17H14N2O. The summed E-state index contributed by atoms with van der Waals surface area (Å²) in [6.45, 7) is 2.13. The molecule has 0 aliphatic carbocycles. The fourth-order valence-electron chi connectivity index (χ4n) is 2.85. The number of aryl methyl sites for hydroxylation is 1. The largest absolute Gasteiger partial charge is 0.497 e. The lowest BCUT2D eigenvalue weighted by atomic mass is 10.1. The zero-order chi connectivity index (χ0) is 13.7. The summed E-state index contributed by atoms with van der Waals surface area (Å²) >= 11 is 0. The number of fused-ring (bicyclic) bond motifs is 5. The smallest absolute Gasteiger partial charge is 0.144 e. The molecule has 0 aliphatic rings. The molecule has 0 saturated carbocycles. The van der Waals surface area contributed by atoms with Crippen molar-refractivity contribution in [1.29, 1.82) is 0 Å². The van der Waals surface area contributed by atoms with Gasteiger partial charge in [-0.25, -0.2) is 4.98 Å². The van der Waals surface area contributed by atoms with Crippen molar-refractivity contribution < 1.29 is 4.74 Å². The Labute approximate surface area is 116 Å². The van der Waals surface area contributed by atoms with Crippen molar-refractivity contribution in [2.24, 2.45) is 0 Å². The normalized spacial score (nSPS) is 11.5. The molecule has 0 N–H and O–H groups in total. The standard InChI is InChI=1S/C17H14N2O/c1-11-8-13-9-14(20-2)5-6-15(13)19-16(11)10-12-4-3-7-18-17(12)19/h3-10H,1-2H3. The van der Waals surface area contributed by atoms with Crippen LogP contribution in [0.3, 0.4) is 0 Å². The van der Waals surface area contributed by atoms with Gasteiger partial charge in [-0.1, -0.05) is 0 Å². The van der Waals surface area contributed by atoms with Crippen molar-refractivity contribution in [2.45, 2.75) is 6.92 Å². The highest BCUT2D eigenvalue weighted by atomic mass is 16.5. The first-order valence-corrected chi connectivity index (χ1v) is 6.61. The lowest BCUT2D eigenvalue weighted by Crippen LogP contribution is -1.93. The molecule has 0 atom stereocenters. The predicted molar refractivity (Wildman–Crippen MR) is 81.5 cm³/mol. The summed E-state index contributed by atoms with van der Waals surface area (Å²) in [7, 11) is 1.69. The summed E-state index contributed by atoms with van der Waals surface area (Å²) in [4.78, 5) is 4.53. The van der Waals surface area contributed by atoms with Gasteiger partial charge in [-0.05, 0) is 55.0 Å². The molecule has 1 aromatic carbocycles. The molecule has 0 amide bonds. The van der Waals surface area contributed by atoms with Gasteiger partial charge in [0, 0.05) is 17.0 Å². The topological polar surface area (TPSA) is 26.5 Å². The second-order valence-electron chi connectivity index (χ2n) is 5.03. The van der Waals surface area contributed by atoms with Crippen LogP contribution >= 0.6 is 0 Å². The minimum Gasteiger partial charge on any atom is -0.497 e. The molecule has 4 rings (SSSR count). The van der Waals surface area contributed by atoms with Gasteiger partial charge >= 0.3 is 0 Å². The van der Waals surface area contributed by atoms with Crippen LogP contribution in [0, 0.1) is 6.92 Å². The summed E-state index contributed by atoms with van der Waals surface area (Å²) < 4.78 is 7.54. The predicted octanol–water partition coefficient (Wildman–Crippen LogP) is 3.96. The number of rotatable bonds is 1. The molecule has 3 heteroatoms. The van der Waals surface area contributed by atoms with Crippen LogP contribution in [0.4, 0.5) is 0 Å². The van der Waals surface area contributed by atoms with E-state index in [2.05, 4.69) is 46.6 Å². The average molecular weight is 262 g/mol. The van der Waals surface area contributed by atoms with Crippen LogP contribution < -0.4 is 4.74 Å². The summed E-state index contributed by atoms with van der Waals surface area (Å²) in [5.74, 6) is 0.876. The molecule has 0 bridgehead atoms. The Morgan fingerprint density at radius 3 is 2.75 bits per heavy atom. The Kier molecular flexibility index (Phi) is 2.24. The van der Waals surface area contributed by atoms with Crippen LogP contribution in [-0.4, -0.2) is 16.5 Å². The summed E-state index contributed by atoms with van der Waals surface area (Å²) in [5.41, 5.74) is 4.60. The van der Waals surface area contributed by atoms with E-state index in [4.69, 9.17) is 4.74 Å². The van der Waals surface area contributed by atoms with Crippen LogP contribution in [0.25, 0.3) is 27.5 Å².